The van der Waals surface area contributed by atoms with Crippen LogP contribution in [0.2, 0.25) is 0 Å². The summed E-state index contributed by atoms with van der Waals surface area (Å²) < 4.78 is 0. The van der Waals surface area contributed by atoms with E-state index in [0.717, 1.165) is 16.8 Å². The molecule has 4 N–H and O–H groups in total. The molecule has 0 bridgehead atoms. The second-order valence-corrected chi connectivity index (χ2v) is 3.66. The summed E-state index contributed by atoms with van der Waals surface area (Å²) in [5.74, 6) is 0.471. The number of nitrogen functional groups attached to an aromatic ring is 1. The summed E-state index contributed by atoms with van der Waals surface area (Å²) in [5, 5.41) is 0. The molecule has 2 aromatic rings. The quantitative estimate of drug-likeness (QED) is 0.792. The van der Waals surface area contributed by atoms with Gasteiger partial charge in [-0.1, -0.05) is 6.07 Å². The van der Waals surface area contributed by atoms with Gasteiger partial charge in [0.2, 0.25) is 0 Å². The van der Waals surface area contributed by atoms with E-state index in [2.05, 4.69) is 9.97 Å². The molecule has 0 aliphatic carbocycles. The van der Waals surface area contributed by atoms with E-state index >= 15 is 0 Å². The summed E-state index contributed by atoms with van der Waals surface area (Å²) in [6, 6.07) is 7.22. The first-order valence-corrected chi connectivity index (χ1v) is 5.07. The van der Waals surface area contributed by atoms with Gasteiger partial charge in [-0.05, 0) is 30.7 Å². The van der Waals surface area contributed by atoms with Gasteiger partial charge in [-0.3, -0.25) is 4.98 Å². The number of aryl methyl sites for hydroxylation is 1. The smallest absolute Gasteiger partial charge is 0.128 e. The highest BCUT2D eigenvalue weighted by Gasteiger charge is 2.15. The Labute approximate surface area is 94.3 Å². The summed E-state index contributed by atoms with van der Waals surface area (Å²) in [5.41, 5.74) is 14.7. The molecule has 0 saturated heterocycles. The van der Waals surface area contributed by atoms with Crippen LogP contribution < -0.4 is 11.5 Å². The van der Waals surface area contributed by atoms with Gasteiger partial charge in [-0.2, -0.15) is 0 Å². The van der Waals surface area contributed by atoms with E-state index in [4.69, 9.17) is 11.5 Å². The average molecular weight is 214 g/mol. The van der Waals surface area contributed by atoms with E-state index in [1.54, 1.807) is 12.4 Å². The molecule has 1 atom stereocenters. The minimum Gasteiger partial charge on any atom is -0.383 e. The van der Waals surface area contributed by atoms with Crippen LogP contribution in [0.25, 0.3) is 0 Å². The van der Waals surface area contributed by atoms with Crippen LogP contribution in [0, 0.1) is 6.92 Å². The minimum absolute atomic E-state index is 0.324. The van der Waals surface area contributed by atoms with Crippen molar-refractivity contribution in [3.8, 4) is 0 Å². The molecular formula is C12H14N4. The summed E-state index contributed by atoms with van der Waals surface area (Å²) in [6.07, 6.45) is 3.40. The minimum atomic E-state index is -0.324. The van der Waals surface area contributed by atoms with E-state index in [9.17, 15) is 0 Å². The molecule has 0 amide bonds. The molecule has 0 aliphatic rings. The number of anilines is 1. The molecule has 2 rings (SSSR count). The Kier molecular flexibility index (Phi) is 2.83. The van der Waals surface area contributed by atoms with Crippen molar-refractivity contribution >= 4 is 5.82 Å². The third-order valence-electron chi connectivity index (χ3n) is 2.56. The topological polar surface area (TPSA) is 77.8 Å². The van der Waals surface area contributed by atoms with Crippen LogP contribution >= 0.6 is 0 Å². The van der Waals surface area contributed by atoms with Gasteiger partial charge in [0.05, 0.1) is 11.7 Å². The maximum Gasteiger partial charge on any atom is 0.128 e. The summed E-state index contributed by atoms with van der Waals surface area (Å²) in [4.78, 5) is 8.29. The first kappa shape index (κ1) is 10.6. The maximum atomic E-state index is 6.14. The van der Waals surface area contributed by atoms with E-state index in [1.165, 1.54) is 0 Å². The molecule has 16 heavy (non-hydrogen) atoms. The van der Waals surface area contributed by atoms with Crippen molar-refractivity contribution in [3.05, 3.63) is 53.5 Å². The molecule has 0 fully saturated rings. The Balaban J connectivity index is 2.46. The zero-order valence-electron chi connectivity index (χ0n) is 9.09. The van der Waals surface area contributed by atoms with Gasteiger partial charge in [-0.25, -0.2) is 4.98 Å². The Morgan fingerprint density at radius 3 is 2.56 bits per heavy atom. The van der Waals surface area contributed by atoms with Crippen LogP contribution in [0.3, 0.4) is 0 Å². The molecule has 1 unspecified atom stereocenters. The first-order valence-electron chi connectivity index (χ1n) is 5.07. The van der Waals surface area contributed by atoms with Crippen LogP contribution in [0.4, 0.5) is 5.82 Å². The third-order valence-corrected chi connectivity index (χ3v) is 2.56. The molecule has 4 nitrogen and oxygen atoms in total. The molecular weight excluding hydrogens is 200 g/mol. The molecule has 0 aromatic carbocycles. The van der Waals surface area contributed by atoms with Gasteiger partial charge in [0.1, 0.15) is 5.82 Å². The van der Waals surface area contributed by atoms with Crippen molar-refractivity contribution in [2.45, 2.75) is 13.0 Å². The van der Waals surface area contributed by atoms with Crippen molar-refractivity contribution in [1.82, 2.24) is 9.97 Å². The largest absolute Gasteiger partial charge is 0.383 e. The van der Waals surface area contributed by atoms with Crippen LogP contribution in [-0.4, -0.2) is 9.97 Å². The Morgan fingerprint density at radius 1 is 1.12 bits per heavy atom. The predicted molar refractivity (Wildman–Crippen MR) is 63.7 cm³/mol. The summed E-state index contributed by atoms with van der Waals surface area (Å²) in [7, 11) is 0. The van der Waals surface area contributed by atoms with E-state index in [-0.39, 0.29) is 6.04 Å². The average Bonchev–Trinajstić information content (AvgIpc) is 2.30. The highest BCUT2D eigenvalue weighted by Crippen LogP contribution is 2.24. The van der Waals surface area contributed by atoms with Crippen molar-refractivity contribution in [2.75, 3.05) is 5.73 Å². The molecule has 4 heteroatoms. The lowest BCUT2D eigenvalue weighted by Gasteiger charge is -2.15. The van der Waals surface area contributed by atoms with Gasteiger partial charge in [0.15, 0.2) is 0 Å². The zero-order chi connectivity index (χ0) is 11.5. The normalized spacial score (nSPS) is 12.4. The Morgan fingerprint density at radius 2 is 1.94 bits per heavy atom. The van der Waals surface area contributed by atoms with Crippen LogP contribution in [0.1, 0.15) is 22.9 Å². The van der Waals surface area contributed by atoms with Crippen molar-refractivity contribution in [2.24, 2.45) is 5.73 Å². The van der Waals surface area contributed by atoms with Crippen molar-refractivity contribution in [3.63, 3.8) is 0 Å². The van der Waals surface area contributed by atoms with Crippen LogP contribution in [0.5, 0.6) is 0 Å². The van der Waals surface area contributed by atoms with Crippen LogP contribution in [-0.2, 0) is 0 Å². The number of aromatic nitrogens is 2. The Bertz CT molecular complexity index is 461. The number of rotatable bonds is 2. The summed E-state index contributed by atoms with van der Waals surface area (Å²) in [6.45, 7) is 1.97. The number of hydrogen-bond donors (Lipinski definition) is 2. The lowest BCUT2D eigenvalue weighted by Crippen LogP contribution is -2.17. The fourth-order valence-electron chi connectivity index (χ4n) is 1.70. The molecule has 0 spiro atoms. The third kappa shape index (κ3) is 1.87. The zero-order valence-corrected chi connectivity index (χ0v) is 9.09. The molecule has 82 valence electrons. The predicted octanol–water partition coefficient (Wildman–Crippen LogP) is 1.42. The molecule has 0 saturated carbocycles. The SMILES string of the molecule is Cc1ccnc(N)c1C(N)c1ccccn1. The number of pyridine rings is 2. The lowest BCUT2D eigenvalue weighted by atomic mass is 10.0. The van der Waals surface area contributed by atoms with E-state index < -0.39 is 0 Å². The second kappa shape index (κ2) is 4.28. The van der Waals surface area contributed by atoms with E-state index in [0.29, 0.717) is 5.82 Å². The monoisotopic (exact) mass is 214 g/mol. The van der Waals surface area contributed by atoms with Gasteiger partial charge in [0.25, 0.3) is 0 Å². The number of nitrogens with two attached hydrogens (primary N) is 2. The summed E-state index contributed by atoms with van der Waals surface area (Å²) >= 11 is 0. The molecule has 0 aliphatic heterocycles. The van der Waals surface area contributed by atoms with Crippen LogP contribution in [0.15, 0.2) is 36.7 Å². The highest BCUT2D eigenvalue weighted by molar-refractivity contribution is 5.48. The van der Waals surface area contributed by atoms with Crippen molar-refractivity contribution < 1.29 is 0 Å². The first-order chi connectivity index (χ1) is 7.70. The standard InChI is InChI=1S/C12H14N4/c1-8-5-7-16-12(14)10(8)11(13)9-4-2-3-6-15-9/h2-7,11H,13H2,1H3,(H2,14,16). The Hall–Kier alpha value is -1.94. The second-order valence-electron chi connectivity index (χ2n) is 3.66. The number of hydrogen-bond acceptors (Lipinski definition) is 4. The lowest BCUT2D eigenvalue weighted by molar-refractivity contribution is 0.818. The number of nitrogens with zero attached hydrogens (tertiary/aromatic N) is 2. The highest BCUT2D eigenvalue weighted by atomic mass is 14.9. The molecule has 2 aromatic heterocycles. The van der Waals surface area contributed by atoms with Gasteiger partial charge in [0, 0.05) is 18.0 Å². The fraction of sp³-hybridized carbons (Fsp3) is 0.167. The van der Waals surface area contributed by atoms with E-state index in [1.807, 2.05) is 31.2 Å². The van der Waals surface area contributed by atoms with Crippen molar-refractivity contribution in [1.29, 1.82) is 0 Å². The maximum absolute atomic E-state index is 6.14. The van der Waals surface area contributed by atoms with Gasteiger partial charge < -0.3 is 11.5 Å². The van der Waals surface area contributed by atoms with Gasteiger partial charge in [-0.15, -0.1) is 0 Å². The molecule has 0 radical (unpaired) electrons. The molecule has 2 heterocycles. The fourth-order valence-corrected chi connectivity index (χ4v) is 1.70. The van der Waals surface area contributed by atoms with Gasteiger partial charge >= 0.3 is 0 Å².